The Morgan fingerprint density at radius 1 is 0.518 bits per heavy atom. The maximum Gasteiger partial charge on any atom is 0.297 e. The Morgan fingerprint density at radius 2 is 0.857 bits per heavy atom. The van der Waals surface area contributed by atoms with Crippen molar-refractivity contribution in [1.29, 1.82) is 0 Å². The molecule has 56 heavy (non-hydrogen) atoms. The number of aromatic hydroxyl groups is 2. The van der Waals surface area contributed by atoms with Crippen LogP contribution in [0.15, 0.2) is 34.3 Å². The monoisotopic (exact) mass is 780 g/mol. The van der Waals surface area contributed by atoms with E-state index < -0.39 is 58.3 Å². The highest BCUT2D eigenvalue weighted by molar-refractivity contribution is 6.62. The number of rotatable bonds is 22. The Labute approximate surface area is 326 Å². The molecule has 4 aromatic rings. The number of carbonyl (C=O) groups excluding carboxylic acids is 2. The number of amides is 2. The Morgan fingerprint density at radius 3 is 1.21 bits per heavy atom. The zero-order valence-corrected chi connectivity index (χ0v) is 33.2. The molecule has 2 N–H and O–H groups in total. The number of carbonyl (C=O) groups is 2. The van der Waals surface area contributed by atoms with Gasteiger partial charge >= 0.3 is 0 Å². The first kappa shape index (κ1) is 42.7. The summed E-state index contributed by atoms with van der Waals surface area (Å²) in [6.45, 7) is 8.94. The summed E-state index contributed by atoms with van der Waals surface area (Å²) >= 11 is 0. The lowest BCUT2D eigenvalue weighted by molar-refractivity contribution is -0.115. The summed E-state index contributed by atoms with van der Waals surface area (Å²) in [5.41, 5.74) is -1.41. The number of nitrogens with zero attached hydrogens (tertiary/aromatic N) is 4. The fourth-order valence-electron chi connectivity index (χ4n) is 8.10. The Hall–Kier alpha value is -4.48. The second kappa shape index (κ2) is 19.6. The average molecular weight is 781 g/mol. The predicted molar refractivity (Wildman–Crippen MR) is 214 cm³/mol. The van der Waals surface area contributed by atoms with E-state index in [1.807, 2.05) is 0 Å². The minimum Gasteiger partial charge on any atom is -0.494 e. The van der Waals surface area contributed by atoms with Crippen molar-refractivity contribution in [2.75, 3.05) is 0 Å². The van der Waals surface area contributed by atoms with Gasteiger partial charge in [-0.3, -0.25) is 9.59 Å². The van der Waals surface area contributed by atoms with Crippen molar-refractivity contribution in [3.05, 3.63) is 58.7 Å². The van der Waals surface area contributed by atoms with Crippen molar-refractivity contribution < 1.29 is 37.4 Å². The van der Waals surface area contributed by atoms with E-state index in [2.05, 4.69) is 37.7 Å². The van der Waals surface area contributed by atoms with E-state index in [1.54, 1.807) is 0 Å². The molecule has 2 aromatic heterocycles. The molecule has 8 nitrogen and oxygen atoms in total. The molecule has 2 aromatic carbocycles. The molecule has 12 heteroatoms. The van der Waals surface area contributed by atoms with Gasteiger partial charge in [0.2, 0.25) is 11.8 Å². The van der Waals surface area contributed by atoms with Crippen LogP contribution in [0.25, 0.3) is 21.8 Å². The lowest BCUT2D eigenvalue weighted by Gasteiger charge is -2.19. The van der Waals surface area contributed by atoms with Crippen LogP contribution < -0.4 is 0 Å². The van der Waals surface area contributed by atoms with Crippen LogP contribution in [-0.2, 0) is 22.7 Å². The molecule has 0 bridgehead atoms. The number of aliphatic imine (C=N–C) groups is 2. The van der Waals surface area contributed by atoms with Crippen LogP contribution in [0.3, 0.4) is 0 Å². The Balaban J connectivity index is 1.56. The number of aromatic nitrogens is 2. The smallest absolute Gasteiger partial charge is 0.297 e. The molecule has 0 radical (unpaired) electrons. The van der Waals surface area contributed by atoms with Crippen molar-refractivity contribution in [3.63, 3.8) is 0 Å². The first-order valence-electron chi connectivity index (χ1n) is 20.6. The quantitative estimate of drug-likeness (QED) is 0.0611. The Bertz CT molecular complexity index is 1950. The molecule has 2 amide bonds. The molecule has 0 saturated carbocycles. The highest BCUT2D eigenvalue weighted by atomic mass is 19.2. The second-order valence-corrected chi connectivity index (χ2v) is 15.4. The summed E-state index contributed by atoms with van der Waals surface area (Å²) in [6, 6.07) is 3.66. The van der Waals surface area contributed by atoms with Crippen molar-refractivity contribution >= 4 is 45.0 Å². The summed E-state index contributed by atoms with van der Waals surface area (Å²) in [7, 11) is 0. The normalized spacial score (nSPS) is 14.6. The first-order valence-corrected chi connectivity index (χ1v) is 20.6. The molecule has 1 aliphatic rings. The molecule has 3 heterocycles. The highest BCUT2D eigenvalue weighted by Crippen LogP contribution is 2.39. The maximum absolute atomic E-state index is 14.8. The van der Waals surface area contributed by atoms with Crippen LogP contribution in [0.2, 0.25) is 0 Å². The third-order valence-electron chi connectivity index (χ3n) is 11.2. The summed E-state index contributed by atoms with van der Waals surface area (Å²) < 4.78 is 62.0. The lowest BCUT2D eigenvalue weighted by Crippen LogP contribution is -2.28. The summed E-state index contributed by atoms with van der Waals surface area (Å²) in [6.07, 6.45) is 15.5. The summed E-state index contributed by atoms with van der Waals surface area (Å²) in [4.78, 5) is 35.9. The second-order valence-electron chi connectivity index (χ2n) is 15.4. The van der Waals surface area contributed by atoms with Gasteiger partial charge in [0.25, 0.3) is 11.8 Å². The van der Waals surface area contributed by atoms with Crippen molar-refractivity contribution in [2.24, 2.45) is 21.8 Å². The topological polar surface area (TPSA) is 109 Å². The van der Waals surface area contributed by atoms with Crippen LogP contribution >= 0.6 is 0 Å². The van der Waals surface area contributed by atoms with Crippen LogP contribution in [0.1, 0.15) is 142 Å². The Kier molecular flexibility index (Phi) is 14.9. The molecule has 0 fully saturated rings. The van der Waals surface area contributed by atoms with Gasteiger partial charge in [-0.05, 0) is 49.7 Å². The number of benzene rings is 2. The van der Waals surface area contributed by atoms with E-state index >= 15 is 0 Å². The van der Waals surface area contributed by atoms with Crippen molar-refractivity contribution in [2.45, 2.75) is 144 Å². The summed E-state index contributed by atoms with van der Waals surface area (Å²) in [5.74, 6) is -7.66. The fourth-order valence-corrected chi connectivity index (χ4v) is 8.10. The molecule has 5 rings (SSSR count). The zero-order chi connectivity index (χ0) is 40.5. The van der Waals surface area contributed by atoms with E-state index in [4.69, 9.17) is 0 Å². The van der Waals surface area contributed by atoms with Crippen LogP contribution in [0.4, 0.5) is 17.6 Å². The third kappa shape index (κ3) is 9.37. The van der Waals surface area contributed by atoms with E-state index in [9.17, 15) is 37.4 Å². The van der Waals surface area contributed by atoms with Gasteiger partial charge in [0.15, 0.2) is 23.3 Å². The number of halogens is 4. The molecule has 0 aliphatic carbocycles. The van der Waals surface area contributed by atoms with Gasteiger partial charge in [0.05, 0.1) is 22.2 Å². The third-order valence-corrected chi connectivity index (χ3v) is 11.2. The zero-order valence-electron chi connectivity index (χ0n) is 33.2. The van der Waals surface area contributed by atoms with Crippen molar-refractivity contribution in [3.8, 4) is 11.8 Å². The van der Waals surface area contributed by atoms with Gasteiger partial charge in [-0.15, -0.1) is 0 Å². The predicted octanol–water partition coefficient (Wildman–Crippen LogP) is 11.5. The van der Waals surface area contributed by atoms with E-state index in [-0.39, 0.29) is 57.9 Å². The molecule has 0 spiro atoms. The highest BCUT2D eigenvalue weighted by Gasteiger charge is 2.36. The molecule has 1 aliphatic heterocycles. The molecular formula is C44H56F4N4O4. The van der Waals surface area contributed by atoms with Gasteiger partial charge in [0, 0.05) is 36.0 Å². The number of hydrogen-bond donors (Lipinski definition) is 2. The van der Waals surface area contributed by atoms with Gasteiger partial charge in [-0.25, -0.2) is 27.5 Å². The number of hydrogen-bond acceptors (Lipinski definition) is 4. The largest absolute Gasteiger partial charge is 0.494 e. The van der Waals surface area contributed by atoms with Gasteiger partial charge in [-0.2, -0.15) is 0 Å². The molecule has 2 unspecified atom stereocenters. The first-order chi connectivity index (χ1) is 26.9. The van der Waals surface area contributed by atoms with Gasteiger partial charge in [0.1, 0.15) is 11.4 Å². The molecular weight excluding hydrogens is 725 g/mol. The maximum atomic E-state index is 14.8. The standard InChI is InChI=1S/C44H56F4N4O4/c1-5-9-13-15-19-27(17-11-7-3)25-51-35-23-33(47)31(45)21-29(35)37(43(51)55)39-41(53)50-40(42(54)49-39)38-30-22-32(46)34(48)24-36(30)52(44(38)56)26-28(18-12-8-4)20-16-14-10-6-2/h21-24,27-28,55-56H,5-20,25-26H2,1-4H3. The van der Waals surface area contributed by atoms with Gasteiger partial charge in [-0.1, -0.05) is 105 Å². The molecule has 0 saturated heterocycles. The molecule has 304 valence electrons. The lowest BCUT2D eigenvalue weighted by atomic mass is 9.95. The minimum atomic E-state index is -1.22. The fraction of sp³-hybridized carbons (Fsp3) is 0.545. The SMILES string of the molecule is CCCCCCC(CCCC)Cn1c(O)c(C2=NC(=O)C(c3c(O)n(CC(CCCC)CCCCCC)c4cc(F)c(F)cc34)=NC2=O)c2cc(F)c(F)cc21. The number of fused-ring (bicyclic) bond motifs is 2. The molecule has 2 atom stereocenters. The number of unbranched alkanes of at least 4 members (excludes halogenated alkanes) is 8. The minimum absolute atomic E-state index is 0.0192. The van der Waals surface area contributed by atoms with Crippen molar-refractivity contribution in [1.82, 2.24) is 9.13 Å². The average Bonchev–Trinajstić information content (AvgIpc) is 3.57. The van der Waals surface area contributed by atoms with Crippen LogP contribution in [0.5, 0.6) is 11.8 Å². The van der Waals surface area contributed by atoms with Gasteiger partial charge < -0.3 is 19.3 Å². The van der Waals surface area contributed by atoms with Crippen LogP contribution in [0, 0.1) is 35.1 Å². The van der Waals surface area contributed by atoms with E-state index in [1.165, 1.54) is 9.13 Å². The van der Waals surface area contributed by atoms with Crippen LogP contribution in [-0.4, -0.2) is 42.6 Å². The van der Waals surface area contributed by atoms with E-state index in [0.717, 1.165) is 127 Å². The van der Waals surface area contributed by atoms with E-state index in [0.29, 0.717) is 0 Å². The summed E-state index contributed by atoms with van der Waals surface area (Å²) in [5, 5.41) is 23.4.